The lowest BCUT2D eigenvalue weighted by Gasteiger charge is -2.23. The first-order valence-corrected chi connectivity index (χ1v) is 5.64. The number of aromatic amines is 1. The van der Waals surface area contributed by atoms with Crippen LogP contribution in [-0.2, 0) is 6.54 Å². The fraction of sp³-hybridized carbons (Fsp3) is 0.500. The van der Waals surface area contributed by atoms with Gasteiger partial charge >= 0.3 is 0 Å². The van der Waals surface area contributed by atoms with E-state index in [4.69, 9.17) is 15.9 Å². The molecule has 2 rings (SSSR count). The first-order valence-electron chi connectivity index (χ1n) is 5.64. The number of hydrogen-bond acceptors (Lipinski definition) is 7. The van der Waals surface area contributed by atoms with Crippen LogP contribution in [0.15, 0.2) is 11.1 Å². The number of fused-ring (bicyclic) bond motifs is 1. The third kappa shape index (κ3) is 2.57. The van der Waals surface area contributed by atoms with E-state index in [9.17, 15) is 9.90 Å². The second-order valence-corrected chi connectivity index (χ2v) is 4.35. The Balaban J connectivity index is 2.29. The quantitative estimate of drug-likeness (QED) is 0.413. The summed E-state index contributed by atoms with van der Waals surface area (Å²) in [4.78, 5) is 21.7. The van der Waals surface area contributed by atoms with Crippen LogP contribution in [0.5, 0.6) is 0 Å². The molecule has 0 radical (unpaired) electrons. The van der Waals surface area contributed by atoms with Gasteiger partial charge in [-0.2, -0.15) is 4.98 Å². The fourth-order valence-electron chi connectivity index (χ4n) is 1.67. The molecule has 6 N–H and O–H groups in total. The summed E-state index contributed by atoms with van der Waals surface area (Å²) in [6.07, 6.45) is 1.47. The van der Waals surface area contributed by atoms with Crippen molar-refractivity contribution < 1.29 is 15.3 Å². The molecule has 0 aliphatic carbocycles. The van der Waals surface area contributed by atoms with Crippen LogP contribution in [0.2, 0.25) is 0 Å². The molecule has 2 aromatic heterocycles. The van der Waals surface area contributed by atoms with Crippen molar-refractivity contribution in [2.45, 2.75) is 18.6 Å². The number of nitrogens with two attached hydrogens (primary N) is 1. The largest absolute Gasteiger partial charge is 0.393 e. The Morgan fingerprint density at radius 1 is 1.42 bits per heavy atom. The van der Waals surface area contributed by atoms with Crippen LogP contribution in [0.1, 0.15) is 6.42 Å². The van der Waals surface area contributed by atoms with Gasteiger partial charge in [0.2, 0.25) is 5.95 Å². The van der Waals surface area contributed by atoms with Crippen molar-refractivity contribution in [2.24, 2.45) is 0 Å². The molecule has 19 heavy (non-hydrogen) atoms. The number of aryl methyl sites for hydroxylation is 1. The topological polar surface area (TPSA) is 150 Å². The van der Waals surface area contributed by atoms with Gasteiger partial charge in [0.25, 0.3) is 5.56 Å². The Labute approximate surface area is 107 Å². The second-order valence-electron chi connectivity index (χ2n) is 4.35. The monoisotopic (exact) mass is 269 g/mol. The number of rotatable bonds is 5. The highest BCUT2D eigenvalue weighted by molar-refractivity contribution is 5.70. The SMILES string of the molecule is Nc1nc2c(ncn2CCC(O)(CO)CO)c(=O)[nH]1. The van der Waals surface area contributed by atoms with Crippen molar-refractivity contribution in [1.82, 2.24) is 19.5 Å². The molecule has 0 atom stereocenters. The van der Waals surface area contributed by atoms with Gasteiger partial charge < -0.3 is 25.6 Å². The number of aliphatic hydroxyl groups is 3. The summed E-state index contributed by atoms with van der Waals surface area (Å²) in [5.41, 5.74) is 3.86. The van der Waals surface area contributed by atoms with Crippen LogP contribution >= 0.6 is 0 Å². The van der Waals surface area contributed by atoms with Gasteiger partial charge in [0.1, 0.15) is 5.60 Å². The molecule has 0 amide bonds. The number of hydrogen-bond donors (Lipinski definition) is 5. The normalized spacial score (nSPS) is 12.2. The Hall–Kier alpha value is -1.97. The molecule has 9 nitrogen and oxygen atoms in total. The van der Waals surface area contributed by atoms with Crippen LogP contribution in [0.3, 0.4) is 0 Å². The highest BCUT2D eigenvalue weighted by Gasteiger charge is 2.25. The number of aromatic nitrogens is 4. The molecular weight excluding hydrogens is 254 g/mol. The van der Waals surface area contributed by atoms with Crippen molar-refractivity contribution >= 4 is 17.1 Å². The van der Waals surface area contributed by atoms with E-state index in [1.807, 2.05) is 0 Å². The van der Waals surface area contributed by atoms with E-state index in [1.54, 1.807) is 0 Å². The lowest BCUT2D eigenvalue weighted by molar-refractivity contribution is -0.0624. The molecule has 0 unspecified atom stereocenters. The summed E-state index contributed by atoms with van der Waals surface area (Å²) >= 11 is 0. The molecule has 2 aromatic rings. The highest BCUT2D eigenvalue weighted by atomic mass is 16.4. The van der Waals surface area contributed by atoms with E-state index in [0.717, 1.165) is 0 Å². The number of anilines is 1. The van der Waals surface area contributed by atoms with Gasteiger partial charge in [-0.3, -0.25) is 9.78 Å². The fourth-order valence-corrected chi connectivity index (χ4v) is 1.67. The Morgan fingerprint density at radius 3 is 2.74 bits per heavy atom. The molecular formula is C10H15N5O4. The smallest absolute Gasteiger partial charge is 0.280 e. The number of imidazole rings is 1. The maximum atomic E-state index is 11.5. The van der Waals surface area contributed by atoms with Crippen molar-refractivity contribution in [3.05, 3.63) is 16.7 Å². The summed E-state index contributed by atoms with van der Waals surface area (Å²) in [7, 11) is 0. The van der Waals surface area contributed by atoms with E-state index in [0.29, 0.717) is 5.65 Å². The first-order chi connectivity index (χ1) is 8.99. The third-order valence-electron chi connectivity index (χ3n) is 2.90. The van der Waals surface area contributed by atoms with Crippen LogP contribution in [-0.4, -0.2) is 53.7 Å². The Bertz CT molecular complexity index is 630. The van der Waals surface area contributed by atoms with Crippen LogP contribution in [0.25, 0.3) is 11.2 Å². The molecule has 0 fully saturated rings. The molecule has 0 saturated carbocycles. The van der Waals surface area contributed by atoms with Crippen LogP contribution in [0, 0.1) is 0 Å². The van der Waals surface area contributed by atoms with Crippen LogP contribution < -0.4 is 11.3 Å². The minimum Gasteiger partial charge on any atom is -0.393 e. The number of aliphatic hydroxyl groups excluding tert-OH is 2. The van der Waals surface area contributed by atoms with Gasteiger partial charge in [-0.1, -0.05) is 0 Å². The molecule has 0 saturated heterocycles. The number of nitrogens with one attached hydrogen (secondary N) is 1. The van der Waals surface area contributed by atoms with E-state index in [1.165, 1.54) is 10.9 Å². The van der Waals surface area contributed by atoms with Gasteiger partial charge in [0.15, 0.2) is 11.2 Å². The standard InChI is InChI=1S/C10H15N5O4/c11-9-13-7-6(8(18)14-9)12-5-15(7)2-1-10(19,3-16)4-17/h5,16-17,19H,1-4H2,(H3,11,13,14,18). The average molecular weight is 269 g/mol. The molecule has 0 aliphatic heterocycles. The van der Waals surface area contributed by atoms with Crippen molar-refractivity contribution in [3.8, 4) is 0 Å². The van der Waals surface area contributed by atoms with E-state index < -0.39 is 24.4 Å². The molecule has 104 valence electrons. The second kappa shape index (κ2) is 4.96. The Kier molecular flexibility index (Phi) is 3.51. The zero-order valence-corrected chi connectivity index (χ0v) is 10.1. The predicted molar refractivity (Wildman–Crippen MR) is 66.3 cm³/mol. The molecule has 0 spiro atoms. The minimum absolute atomic E-state index is 0.0289. The van der Waals surface area contributed by atoms with Crippen molar-refractivity contribution in [3.63, 3.8) is 0 Å². The van der Waals surface area contributed by atoms with E-state index >= 15 is 0 Å². The number of nitrogen functional groups attached to an aromatic ring is 1. The summed E-state index contributed by atoms with van der Waals surface area (Å²) in [6.45, 7) is -0.900. The lowest BCUT2D eigenvalue weighted by Crippen LogP contribution is -2.38. The number of nitrogens with zero attached hydrogens (tertiary/aromatic N) is 3. The molecule has 0 aliphatic rings. The minimum atomic E-state index is -1.58. The zero-order valence-electron chi connectivity index (χ0n) is 10.1. The first kappa shape index (κ1) is 13.5. The molecule has 2 heterocycles. The van der Waals surface area contributed by atoms with E-state index in [-0.39, 0.29) is 24.4 Å². The average Bonchev–Trinajstić information content (AvgIpc) is 2.79. The summed E-state index contributed by atoms with van der Waals surface area (Å²) in [5, 5.41) is 27.7. The third-order valence-corrected chi connectivity index (χ3v) is 2.90. The van der Waals surface area contributed by atoms with Crippen molar-refractivity contribution in [1.29, 1.82) is 0 Å². The summed E-state index contributed by atoms with van der Waals surface area (Å²) < 4.78 is 1.53. The van der Waals surface area contributed by atoms with Crippen molar-refractivity contribution in [2.75, 3.05) is 18.9 Å². The molecule has 0 bridgehead atoms. The van der Waals surface area contributed by atoms with Crippen LogP contribution in [0.4, 0.5) is 5.95 Å². The lowest BCUT2D eigenvalue weighted by atomic mass is 10.0. The predicted octanol–water partition coefficient (Wildman–Crippen LogP) is -2.19. The molecule has 9 heteroatoms. The van der Waals surface area contributed by atoms with Gasteiger partial charge in [-0.25, -0.2) is 4.98 Å². The van der Waals surface area contributed by atoms with E-state index in [2.05, 4.69) is 15.0 Å². The highest BCUT2D eigenvalue weighted by Crippen LogP contribution is 2.13. The van der Waals surface area contributed by atoms with Gasteiger partial charge in [0.05, 0.1) is 19.5 Å². The maximum Gasteiger partial charge on any atom is 0.280 e. The van der Waals surface area contributed by atoms with Gasteiger partial charge in [-0.05, 0) is 6.42 Å². The zero-order chi connectivity index (χ0) is 14.0. The Morgan fingerprint density at radius 2 is 2.11 bits per heavy atom. The summed E-state index contributed by atoms with van der Waals surface area (Å²) in [5.74, 6) is -0.0289. The molecule has 0 aromatic carbocycles. The summed E-state index contributed by atoms with van der Waals surface area (Å²) in [6, 6.07) is 0. The van der Waals surface area contributed by atoms with Gasteiger partial charge in [0, 0.05) is 6.54 Å². The van der Waals surface area contributed by atoms with Gasteiger partial charge in [-0.15, -0.1) is 0 Å². The maximum absolute atomic E-state index is 11.5. The number of H-pyrrole nitrogens is 1.